The van der Waals surface area contributed by atoms with Gasteiger partial charge in [0.05, 0.1) is 0 Å². The number of hydrogen-bond acceptors (Lipinski definition) is 2. The number of nitrogens with zero attached hydrogens (tertiary/aromatic N) is 1. The fourth-order valence-corrected chi connectivity index (χ4v) is 3.65. The number of hydrogen-bond donors (Lipinski definition) is 1. The van der Waals surface area contributed by atoms with E-state index in [1.54, 1.807) is 0 Å². The second-order valence-corrected chi connectivity index (χ2v) is 6.46. The second kappa shape index (κ2) is 5.95. The van der Waals surface area contributed by atoms with E-state index in [0.717, 1.165) is 18.4 Å². The Hall–Kier alpha value is -0.180. The topological polar surface area (TPSA) is 24.4 Å². The van der Waals surface area contributed by atoms with Gasteiger partial charge in [0.1, 0.15) is 0 Å². The lowest BCUT2D eigenvalue weighted by atomic mass is 9.89. The van der Waals surface area contributed by atoms with E-state index in [2.05, 4.69) is 19.2 Å². The lowest BCUT2D eigenvalue weighted by Gasteiger charge is -2.19. The summed E-state index contributed by atoms with van der Waals surface area (Å²) in [5.74, 6) is 2.78. The van der Waals surface area contributed by atoms with E-state index in [-0.39, 0.29) is 0 Å². The first-order chi connectivity index (χ1) is 7.75. The Bertz CT molecular complexity index is 244. The summed E-state index contributed by atoms with van der Waals surface area (Å²) in [6.45, 7) is 5.62. The van der Waals surface area contributed by atoms with E-state index < -0.39 is 0 Å². The molecule has 1 saturated carbocycles. The van der Waals surface area contributed by atoms with Crippen LogP contribution in [-0.4, -0.2) is 23.5 Å². The van der Waals surface area contributed by atoms with Crippen LogP contribution in [0.25, 0.3) is 0 Å². The highest BCUT2D eigenvalue weighted by Crippen LogP contribution is 2.25. The van der Waals surface area contributed by atoms with Gasteiger partial charge in [-0.3, -0.25) is 4.99 Å². The molecule has 92 valence electrons. The van der Waals surface area contributed by atoms with Crippen LogP contribution in [0.3, 0.4) is 0 Å². The van der Waals surface area contributed by atoms with Crippen LogP contribution in [0.1, 0.15) is 46.0 Å². The van der Waals surface area contributed by atoms with Gasteiger partial charge in [-0.25, -0.2) is 0 Å². The molecule has 0 unspecified atom stereocenters. The van der Waals surface area contributed by atoms with Crippen LogP contribution in [-0.2, 0) is 0 Å². The molecular formula is C13H24N2S. The van der Waals surface area contributed by atoms with Gasteiger partial charge in [-0.05, 0) is 24.7 Å². The molecule has 0 spiro atoms. The summed E-state index contributed by atoms with van der Waals surface area (Å²) in [6.07, 6.45) is 7.08. The Morgan fingerprint density at radius 3 is 2.69 bits per heavy atom. The predicted molar refractivity (Wildman–Crippen MR) is 73.1 cm³/mol. The van der Waals surface area contributed by atoms with Crippen molar-refractivity contribution in [2.75, 3.05) is 12.3 Å². The van der Waals surface area contributed by atoms with Crippen LogP contribution >= 0.6 is 11.8 Å². The van der Waals surface area contributed by atoms with Gasteiger partial charge < -0.3 is 5.32 Å². The van der Waals surface area contributed by atoms with Crippen molar-refractivity contribution < 1.29 is 0 Å². The van der Waals surface area contributed by atoms with Crippen molar-refractivity contribution in [2.45, 2.75) is 52.0 Å². The van der Waals surface area contributed by atoms with Gasteiger partial charge in [0.25, 0.3) is 0 Å². The first kappa shape index (κ1) is 12.3. The van der Waals surface area contributed by atoms with Crippen LogP contribution in [0.15, 0.2) is 4.99 Å². The molecule has 0 bridgehead atoms. The lowest BCUT2D eigenvalue weighted by molar-refractivity contribution is 0.367. The Morgan fingerprint density at radius 1 is 1.31 bits per heavy atom. The van der Waals surface area contributed by atoms with Crippen LogP contribution in [0, 0.1) is 11.8 Å². The van der Waals surface area contributed by atoms with Gasteiger partial charge in [-0.2, -0.15) is 0 Å². The Labute approximate surface area is 104 Å². The zero-order chi connectivity index (χ0) is 11.4. The highest BCUT2D eigenvalue weighted by atomic mass is 32.2. The SMILES string of the molecule is CC(C)[C@H]1CSC(=NCC2CCCCC2)N1. The molecule has 0 aromatic rings. The van der Waals surface area contributed by atoms with Crippen molar-refractivity contribution in [3.05, 3.63) is 0 Å². The molecule has 0 aromatic carbocycles. The van der Waals surface area contributed by atoms with Crippen LogP contribution in [0.5, 0.6) is 0 Å². The first-order valence-electron chi connectivity index (χ1n) is 6.69. The van der Waals surface area contributed by atoms with E-state index in [9.17, 15) is 0 Å². The highest BCUT2D eigenvalue weighted by molar-refractivity contribution is 8.14. The minimum atomic E-state index is 0.634. The highest BCUT2D eigenvalue weighted by Gasteiger charge is 2.23. The predicted octanol–water partition coefficient (Wildman–Crippen LogP) is 3.28. The molecule has 16 heavy (non-hydrogen) atoms. The summed E-state index contributed by atoms with van der Waals surface area (Å²) in [6, 6.07) is 0.634. The monoisotopic (exact) mass is 240 g/mol. The van der Waals surface area contributed by atoms with E-state index >= 15 is 0 Å². The quantitative estimate of drug-likeness (QED) is 0.818. The number of amidine groups is 1. The van der Waals surface area contributed by atoms with Crippen LogP contribution in [0.4, 0.5) is 0 Å². The van der Waals surface area contributed by atoms with Gasteiger partial charge in [-0.1, -0.05) is 44.9 Å². The molecule has 1 saturated heterocycles. The summed E-state index contributed by atoms with van der Waals surface area (Å²) in [7, 11) is 0. The zero-order valence-electron chi connectivity index (χ0n) is 10.5. The molecule has 1 aliphatic carbocycles. The minimum Gasteiger partial charge on any atom is -0.361 e. The largest absolute Gasteiger partial charge is 0.361 e. The maximum Gasteiger partial charge on any atom is 0.156 e. The molecule has 2 aliphatic rings. The number of rotatable bonds is 3. The molecule has 3 heteroatoms. The smallest absolute Gasteiger partial charge is 0.156 e. The minimum absolute atomic E-state index is 0.634. The summed E-state index contributed by atoms with van der Waals surface area (Å²) < 4.78 is 0. The van der Waals surface area contributed by atoms with Crippen molar-refractivity contribution >= 4 is 16.9 Å². The molecule has 2 nitrogen and oxygen atoms in total. The Morgan fingerprint density at radius 2 is 2.06 bits per heavy atom. The molecular weight excluding hydrogens is 216 g/mol. The van der Waals surface area contributed by atoms with Crippen molar-refractivity contribution in [2.24, 2.45) is 16.8 Å². The van der Waals surface area contributed by atoms with Crippen molar-refractivity contribution in [3.63, 3.8) is 0 Å². The standard InChI is InChI=1S/C13H24N2S/c1-10(2)12-9-16-13(15-12)14-8-11-6-4-3-5-7-11/h10-12H,3-9H2,1-2H3,(H,14,15)/t12-/m1/s1. The third kappa shape index (κ3) is 3.41. The van der Waals surface area contributed by atoms with Crippen molar-refractivity contribution in [1.29, 1.82) is 0 Å². The average Bonchev–Trinajstić information content (AvgIpc) is 2.76. The summed E-state index contributed by atoms with van der Waals surface area (Å²) in [4.78, 5) is 4.75. The van der Waals surface area contributed by atoms with Gasteiger partial charge >= 0.3 is 0 Å². The maximum atomic E-state index is 4.75. The maximum absolute atomic E-state index is 4.75. The van der Waals surface area contributed by atoms with E-state index in [4.69, 9.17) is 4.99 Å². The molecule has 0 amide bonds. The molecule has 0 aromatic heterocycles. The molecule has 2 fully saturated rings. The third-order valence-electron chi connectivity index (χ3n) is 3.73. The Kier molecular flexibility index (Phi) is 4.56. The van der Waals surface area contributed by atoms with Crippen molar-refractivity contribution in [3.8, 4) is 0 Å². The summed E-state index contributed by atoms with van der Waals surface area (Å²) >= 11 is 1.91. The van der Waals surface area contributed by atoms with Gasteiger partial charge in [0, 0.05) is 18.3 Å². The summed E-state index contributed by atoms with van der Waals surface area (Å²) in [5, 5.41) is 4.74. The average molecular weight is 240 g/mol. The van der Waals surface area contributed by atoms with Gasteiger partial charge in [0.15, 0.2) is 5.17 Å². The zero-order valence-corrected chi connectivity index (χ0v) is 11.4. The normalized spacial score (nSPS) is 29.9. The molecule has 0 radical (unpaired) electrons. The second-order valence-electron chi connectivity index (χ2n) is 5.46. The number of aliphatic imine (C=N–C) groups is 1. The fraction of sp³-hybridized carbons (Fsp3) is 0.923. The molecule has 2 rings (SSSR count). The summed E-state index contributed by atoms with van der Waals surface area (Å²) in [5.41, 5.74) is 0. The van der Waals surface area contributed by atoms with Gasteiger partial charge in [0.2, 0.25) is 0 Å². The molecule has 1 atom stereocenters. The fourth-order valence-electron chi connectivity index (χ4n) is 2.44. The number of nitrogens with one attached hydrogen (secondary N) is 1. The lowest BCUT2D eigenvalue weighted by Crippen LogP contribution is -2.31. The first-order valence-corrected chi connectivity index (χ1v) is 7.68. The van der Waals surface area contributed by atoms with E-state index in [1.165, 1.54) is 43.0 Å². The van der Waals surface area contributed by atoms with E-state index in [1.807, 2.05) is 11.8 Å². The van der Waals surface area contributed by atoms with Gasteiger partial charge in [-0.15, -0.1) is 0 Å². The third-order valence-corrected chi connectivity index (χ3v) is 4.78. The van der Waals surface area contributed by atoms with Crippen LogP contribution in [0.2, 0.25) is 0 Å². The number of thioether (sulfide) groups is 1. The molecule has 1 aliphatic heterocycles. The van der Waals surface area contributed by atoms with Crippen LogP contribution < -0.4 is 5.32 Å². The van der Waals surface area contributed by atoms with E-state index in [0.29, 0.717) is 6.04 Å². The molecule has 1 N–H and O–H groups in total. The molecule has 1 heterocycles. The van der Waals surface area contributed by atoms with Crippen molar-refractivity contribution in [1.82, 2.24) is 5.32 Å². The Balaban J connectivity index is 1.75.